The van der Waals surface area contributed by atoms with E-state index < -0.39 is 10.4 Å². The van der Waals surface area contributed by atoms with Crippen LogP contribution in [0.25, 0.3) is 0 Å². The van der Waals surface area contributed by atoms with Gasteiger partial charge in [-0.15, -0.1) is 0 Å². The Kier molecular flexibility index (Phi) is 17.3. The van der Waals surface area contributed by atoms with Gasteiger partial charge in [-0.2, -0.15) is 0 Å². The molecule has 0 aromatic rings. The summed E-state index contributed by atoms with van der Waals surface area (Å²) in [6.07, 6.45) is 5.81. The maximum absolute atomic E-state index is 8.91. The first-order valence-corrected chi connectivity index (χ1v) is 6.29. The Hall–Kier alpha value is 3.10. The summed E-state index contributed by atoms with van der Waals surface area (Å²) in [5.74, 6) is 0.950. The van der Waals surface area contributed by atoms with Crippen molar-refractivity contribution in [2.75, 3.05) is 0 Å². The van der Waals surface area contributed by atoms with Crippen molar-refractivity contribution < 1.29 is 125 Å². The minimum atomic E-state index is -4.97. The van der Waals surface area contributed by atoms with Crippen molar-refractivity contribution in [1.29, 1.82) is 0 Å². The van der Waals surface area contributed by atoms with Crippen LogP contribution in [0.5, 0.6) is 0 Å². The Morgan fingerprint density at radius 2 is 1.65 bits per heavy atom. The van der Waals surface area contributed by atoms with Gasteiger partial charge in [-0.3, -0.25) is 0 Å². The van der Waals surface area contributed by atoms with Gasteiger partial charge in [0.1, 0.15) is 0 Å². The first kappa shape index (κ1) is 25.1. The van der Waals surface area contributed by atoms with Crippen molar-refractivity contribution >= 4 is 10.4 Å². The smallest absolute Gasteiger partial charge is 0.726 e. The second-order valence-corrected chi connectivity index (χ2v) is 5.56. The van der Waals surface area contributed by atoms with Gasteiger partial charge in [0.05, 0.1) is 0 Å². The molecule has 1 unspecified atom stereocenters. The molecule has 1 fully saturated rings. The Morgan fingerprint density at radius 1 is 1.24 bits per heavy atom. The molecule has 0 radical (unpaired) electrons. The van der Waals surface area contributed by atoms with Crippen LogP contribution < -0.4 is 108 Å². The second kappa shape index (κ2) is 11.7. The van der Waals surface area contributed by atoms with Gasteiger partial charge in [0.15, 0.2) is 0 Å². The fourth-order valence-electron chi connectivity index (χ4n) is 1.67. The molecule has 0 heterocycles. The second-order valence-electron chi connectivity index (χ2n) is 4.61. The van der Waals surface area contributed by atoms with E-state index in [1.165, 1.54) is 25.7 Å². The van der Waals surface area contributed by atoms with Crippen molar-refractivity contribution in [1.82, 2.24) is 0 Å². The molecule has 0 N–H and O–H groups in total. The molecule has 1 atom stereocenters. The fourth-order valence-corrected chi connectivity index (χ4v) is 1.67. The van der Waals surface area contributed by atoms with E-state index in [4.69, 9.17) is 18.2 Å². The molecule has 5 nitrogen and oxygen atoms in total. The van der Waals surface area contributed by atoms with E-state index in [2.05, 4.69) is 25.1 Å². The minimum absolute atomic E-state index is 0. The van der Waals surface area contributed by atoms with Crippen LogP contribution >= 0.6 is 0 Å². The first-order valence-electron chi connectivity index (χ1n) is 4.96. The van der Waals surface area contributed by atoms with Gasteiger partial charge in [0, 0.05) is 0 Å². The molecular weight excluding hydrogens is 298 g/mol. The van der Waals surface area contributed by atoms with Crippen LogP contribution in [0, 0.1) is 11.3 Å². The van der Waals surface area contributed by atoms with Crippen LogP contribution in [0.15, 0.2) is 0 Å². The van der Waals surface area contributed by atoms with Gasteiger partial charge < -0.3 is 14.1 Å². The zero-order valence-corrected chi connectivity index (χ0v) is 18.4. The van der Waals surface area contributed by atoms with Gasteiger partial charge >= 0.3 is 103 Å². The van der Waals surface area contributed by atoms with Crippen molar-refractivity contribution in [3.63, 3.8) is 0 Å². The predicted octanol–water partition coefficient (Wildman–Crippen LogP) is -5.03. The average molecular weight is 317 g/mol. The van der Waals surface area contributed by atoms with Crippen LogP contribution in [-0.4, -0.2) is 13.0 Å². The van der Waals surface area contributed by atoms with Crippen LogP contribution in [0.1, 0.15) is 46.5 Å². The number of rotatable bonds is 1. The summed E-state index contributed by atoms with van der Waals surface area (Å²) >= 11 is 0. The van der Waals surface area contributed by atoms with E-state index in [-0.39, 0.29) is 103 Å². The monoisotopic (exact) mass is 316 g/mol. The molecule has 92 valence electrons. The molecular formula is C9H18K2O5S. The third-order valence-corrected chi connectivity index (χ3v) is 3.29. The summed E-state index contributed by atoms with van der Waals surface area (Å²) in [5, 5.41) is 8.55. The average Bonchev–Trinajstić information content (AvgIpc) is 2.10. The molecule has 1 rings (SSSR count). The molecule has 1 aliphatic carbocycles. The quantitative estimate of drug-likeness (QED) is 0.159. The molecule has 0 bridgehead atoms. The van der Waals surface area contributed by atoms with Crippen molar-refractivity contribution in [3.05, 3.63) is 0 Å². The first-order chi connectivity index (χ1) is 6.69. The standard InChI is InChI=1S/C9H18.2K.H2O5S/c1-8-6-4-5-7-9(8,2)3;;;1-5-6(2,3)4/h8H,4-7H2,1-3H3;;;1H,(H,2,3,4)/q;2*+1;/p-2. The van der Waals surface area contributed by atoms with Crippen LogP contribution in [0.2, 0.25) is 0 Å². The van der Waals surface area contributed by atoms with E-state index in [1.807, 2.05) is 0 Å². The van der Waals surface area contributed by atoms with Crippen LogP contribution in [0.3, 0.4) is 0 Å². The summed E-state index contributed by atoms with van der Waals surface area (Å²) in [4.78, 5) is 0. The Morgan fingerprint density at radius 3 is 1.82 bits per heavy atom. The molecule has 0 aromatic heterocycles. The summed E-state index contributed by atoms with van der Waals surface area (Å²) in [5.41, 5.74) is 0.637. The summed E-state index contributed by atoms with van der Waals surface area (Å²) in [7, 11) is -4.97. The topological polar surface area (TPSA) is 89.5 Å². The predicted molar refractivity (Wildman–Crippen MR) is 52.2 cm³/mol. The normalized spacial score (nSPS) is 22.3. The van der Waals surface area contributed by atoms with Gasteiger partial charge in [-0.1, -0.05) is 40.0 Å². The SMILES string of the molecule is CC1CCCCC1(C)C.O=S(=O)([O-])O[O-].[K+].[K+]. The molecule has 1 saturated carbocycles. The zero-order chi connectivity index (χ0) is 12.1. The van der Waals surface area contributed by atoms with E-state index >= 15 is 0 Å². The number of hydrogen-bond acceptors (Lipinski definition) is 5. The van der Waals surface area contributed by atoms with E-state index in [9.17, 15) is 0 Å². The Labute approximate surface area is 189 Å². The third kappa shape index (κ3) is 13.8. The summed E-state index contributed by atoms with van der Waals surface area (Å²) in [6, 6.07) is 0. The molecule has 0 spiro atoms. The van der Waals surface area contributed by atoms with Crippen molar-refractivity contribution in [2.45, 2.75) is 46.5 Å². The maximum Gasteiger partial charge on any atom is 1.00 e. The largest absolute Gasteiger partial charge is 1.00 e. The van der Waals surface area contributed by atoms with Crippen LogP contribution in [0.4, 0.5) is 0 Å². The van der Waals surface area contributed by atoms with Gasteiger partial charge in [0.25, 0.3) is 0 Å². The van der Waals surface area contributed by atoms with E-state index in [0.29, 0.717) is 5.41 Å². The van der Waals surface area contributed by atoms with Gasteiger partial charge in [0.2, 0.25) is 10.4 Å². The molecule has 0 aromatic carbocycles. The Bertz CT molecular complexity index is 279. The summed E-state index contributed by atoms with van der Waals surface area (Å²) < 4.78 is 28.8. The van der Waals surface area contributed by atoms with Crippen molar-refractivity contribution in [3.8, 4) is 0 Å². The number of hydrogen-bond donors (Lipinski definition) is 0. The fraction of sp³-hybridized carbons (Fsp3) is 1.00. The molecule has 0 saturated heterocycles. The van der Waals surface area contributed by atoms with Crippen LogP contribution in [-0.2, 0) is 14.7 Å². The van der Waals surface area contributed by atoms with E-state index in [1.54, 1.807) is 0 Å². The third-order valence-electron chi connectivity index (χ3n) is 3.13. The molecule has 0 amide bonds. The molecule has 17 heavy (non-hydrogen) atoms. The maximum atomic E-state index is 8.91. The molecule has 8 heteroatoms. The minimum Gasteiger partial charge on any atom is -0.726 e. The molecule has 0 aliphatic heterocycles. The van der Waals surface area contributed by atoms with Gasteiger partial charge in [-0.25, -0.2) is 8.42 Å². The van der Waals surface area contributed by atoms with Gasteiger partial charge in [-0.05, 0) is 17.8 Å². The zero-order valence-electron chi connectivity index (χ0n) is 11.4. The Balaban J connectivity index is -0.000000221. The molecule has 1 aliphatic rings. The van der Waals surface area contributed by atoms with Crippen molar-refractivity contribution in [2.24, 2.45) is 11.3 Å². The summed E-state index contributed by atoms with van der Waals surface area (Å²) in [6.45, 7) is 7.19. The van der Waals surface area contributed by atoms with E-state index in [0.717, 1.165) is 5.92 Å².